The van der Waals surface area contributed by atoms with E-state index in [1.165, 1.54) is 0 Å². The molecule has 0 aliphatic rings. The molecule has 4 nitrogen and oxygen atoms in total. The van der Waals surface area contributed by atoms with Crippen LogP contribution >= 0.6 is 0 Å². The van der Waals surface area contributed by atoms with Crippen LogP contribution in [0.25, 0.3) is 0 Å². The summed E-state index contributed by atoms with van der Waals surface area (Å²) in [6, 6.07) is 0. The van der Waals surface area contributed by atoms with E-state index in [9.17, 15) is 9.59 Å². The van der Waals surface area contributed by atoms with Gasteiger partial charge in [-0.25, -0.2) is 0 Å². The number of esters is 2. The van der Waals surface area contributed by atoms with Gasteiger partial charge in [-0.2, -0.15) is 0 Å². The van der Waals surface area contributed by atoms with Gasteiger partial charge in [0.1, 0.15) is 0 Å². The zero-order valence-electron chi connectivity index (χ0n) is 14.2. The van der Waals surface area contributed by atoms with Gasteiger partial charge in [-0.05, 0) is 37.7 Å². The van der Waals surface area contributed by atoms with Crippen LogP contribution in [0, 0.1) is 17.8 Å². The van der Waals surface area contributed by atoms with Crippen LogP contribution in [0.15, 0.2) is 12.2 Å². The van der Waals surface area contributed by atoms with E-state index in [0.29, 0.717) is 25.4 Å². The minimum Gasteiger partial charge on any atom is -0.466 e. The summed E-state index contributed by atoms with van der Waals surface area (Å²) in [6.07, 6.45) is 1.93. The van der Waals surface area contributed by atoms with E-state index in [2.05, 4.69) is 18.4 Å². The third-order valence-electron chi connectivity index (χ3n) is 2.63. The highest BCUT2D eigenvalue weighted by Gasteiger charge is 2.14. The van der Waals surface area contributed by atoms with Crippen LogP contribution in [0.2, 0.25) is 0 Å². The number of carbonyl (C=O) groups is 2. The molecule has 0 aromatic rings. The molecule has 0 bridgehead atoms. The normalized spacial score (nSPS) is 11.3. The molecule has 22 heavy (non-hydrogen) atoms. The number of hydrogen-bond donors (Lipinski definition) is 0. The lowest BCUT2D eigenvalue weighted by atomic mass is 10.1. The molecule has 0 heterocycles. The molecule has 4 heteroatoms. The van der Waals surface area contributed by atoms with Gasteiger partial charge >= 0.3 is 11.9 Å². The SMILES string of the molecule is C=C(C)C#CC(CC(C)C)OC(=O)CCCC(=O)OCCC. The fourth-order valence-corrected chi connectivity index (χ4v) is 1.65. The Morgan fingerprint density at radius 3 is 2.36 bits per heavy atom. The smallest absolute Gasteiger partial charge is 0.307 e. The molecule has 0 fully saturated rings. The number of rotatable bonds is 9. The highest BCUT2D eigenvalue weighted by atomic mass is 16.5. The van der Waals surface area contributed by atoms with Gasteiger partial charge in [0.25, 0.3) is 0 Å². The lowest BCUT2D eigenvalue weighted by Crippen LogP contribution is -2.19. The summed E-state index contributed by atoms with van der Waals surface area (Å²) >= 11 is 0. The predicted molar refractivity (Wildman–Crippen MR) is 87.0 cm³/mol. The molecule has 0 aromatic heterocycles. The first-order chi connectivity index (χ1) is 10.3. The Labute approximate surface area is 134 Å². The quantitative estimate of drug-likeness (QED) is 0.482. The Hall–Kier alpha value is -1.76. The zero-order chi connectivity index (χ0) is 17.0. The van der Waals surface area contributed by atoms with Gasteiger partial charge in [-0.15, -0.1) is 0 Å². The molecule has 0 saturated carbocycles. The summed E-state index contributed by atoms with van der Waals surface area (Å²) in [7, 11) is 0. The maximum Gasteiger partial charge on any atom is 0.307 e. The van der Waals surface area contributed by atoms with E-state index in [4.69, 9.17) is 9.47 Å². The lowest BCUT2D eigenvalue weighted by Gasteiger charge is -2.14. The van der Waals surface area contributed by atoms with Crippen molar-refractivity contribution >= 4 is 11.9 Å². The van der Waals surface area contributed by atoms with Crippen molar-refractivity contribution in [2.75, 3.05) is 6.61 Å². The summed E-state index contributed by atoms with van der Waals surface area (Å²) in [5.74, 6) is 5.56. The van der Waals surface area contributed by atoms with Crippen LogP contribution in [-0.4, -0.2) is 24.6 Å². The van der Waals surface area contributed by atoms with Crippen molar-refractivity contribution in [3.8, 4) is 11.8 Å². The average molecular weight is 308 g/mol. The van der Waals surface area contributed by atoms with E-state index in [-0.39, 0.29) is 24.8 Å². The first kappa shape index (κ1) is 20.2. The molecule has 0 rings (SSSR count). The van der Waals surface area contributed by atoms with Crippen LogP contribution in [0.1, 0.15) is 59.8 Å². The second kappa shape index (κ2) is 11.9. The van der Waals surface area contributed by atoms with Gasteiger partial charge in [-0.3, -0.25) is 9.59 Å². The number of allylic oxidation sites excluding steroid dienone is 1. The fraction of sp³-hybridized carbons (Fsp3) is 0.667. The summed E-state index contributed by atoms with van der Waals surface area (Å²) in [6.45, 7) is 12.0. The van der Waals surface area contributed by atoms with Crippen molar-refractivity contribution in [1.29, 1.82) is 0 Å². The molecule has 0 saturated heterocycles. The van der Waals surface area contributed by atoms with Crippen LogP contribution in [0.4, 0.5) is 0 Å². The topological polar surface area (TPSA) is 52.6 Å². The largest absolute Gasteiger partial charge is 0.466 e. The highest BCUT2D eigenvalue weighted by molar-refractivity contribution is 5.72. The number of carbonyl (C=O) groups excluding carboxylic acids is 2. The predicted octanol–water partition coefficient (Wildman–Crippen LogP) is 3.65. The van der Waals surface area contributed by atoms with E-state index in [0.717, 1.165) is 12.0 Å². The van der Waals surface area contributed by atoms with E-state index < -0.39 is 6.10 Å². The number of ether oxygens (including phenoxy) is 2. The van der Waals surface area contributed by atoms with Crippen LogP contribution < -0.4 is 0 Å². The first-order valence-corrected chi connectivity index (χ1v) is 7.87. The van der Waals surface area contributed by atoms with Crippen molar-refractivity contribution in [3.05, 3.63) is 12.2 Å². The minimum absolute atomic E-state index is 0.199. The summed E-state index contributed by atoms with van der Waals surface area (Å²) < 4.78 is 10.3. The van der Waals surface area contributed by atoms with Crippen LogP contribution in [-0.2, 0) is 19.1 Å². The van der Waals surface area contributed by atoms with Crippen LogP contribution in [0.3, 0.4) is 0 Å². The third kappa shape index (κ3) is 12.0. The van der Waals surface area contributed by atoms with Crippen molar-refractivity contribution in [3.63, 3.8) is 0 Å². The zero-order valence-corrected chi connectivity index (χ0v) is 14.2. The molecule has 0 amide bonds. The van der Waals surface area contributed by atoms with Gasteiger partial charge in [0.15, 0.2) is 6.10 Å². The Balaban J connectivity index is 4.20. The van der Waals surface area contributed by atoms with E-state index in [1.54, 1.807) is 0 Å². The molecular formula is C18H28O4. The molecule has 0 radical (unpaired) electrons. The molecule has 0 spiro atoms. The summed E-state index contributed by atoms with van der Waals surface area (Å²) in [4.78, 5) is 23.1. The minimum atomic E-state index is -0.420. The molecular weight excluding hydrogens is 280 g/mol. The molecule has 0 aliphatic heterocycles. The Kier molecular flexibility index (Phi) is 10.9. The van der Waals surface area contributed by atoms with Gasteiger partial charge < -0.3 is 9.47 Å². The summed E-state index contributed by atoms with van der Waals surface area (Å²) in [5, 5.41) is 0. The second-order valence-corrected chi connectivity index (χ2v) is 5.73. The molecule has 1 atom stereocenters. The molecule has 0 aromatic carbocycles. The van der Waals surface area contributed by atoms with Gasteiger partial charge in [0, 0.05) is 12.8 Å². The standard InChI is InChI=1S/C18H28O4/c1-6-12-21-17(19)8-7-9-18(20)22-16(13-15(4)5)11-10-14(2)3/h15-16H,2,6-9,12-13H2,1,3-5H3. The lowest BCUT2D eigenvalue weighted by molar-refractivity contribution is -0.147. The fourth-order valence-electron chi connectivity index (χ4n) is 1.65. The average Bonchev–Trinajstić information content (AvgIpc) is 2.41. The third-order valence-corrected chi connectivity index (χ3v) is 2.63. The monoisotopic (exact) mass is 308 g/mol. The maximum atomic E-state index is 11.8. The van der Waals surface area contributed by atoms with E-state index in [1.807, 2.05) is 27.7 Å². The second-order valence-electron chi connectivity index (χ2n) is 5.73. The van der Waals surface area contributed by atoms with Gasteiger partial charge in [-0.1, -0.05) is 39.2 Å². The molecule has 0 aliphatic carbocycles. The molecule has 1 unspecified atom stereocenters. The molecule has 0 N–H and O–H groups in total. The van der Waals surface area contributed by atoms with Crippen molar-refractivity contribution in [2.45, 2.75) is 65.9 Å². The molecule has 124 valence electrons. The maximum absolute atomic E-state index is 11.8. The van der Waals surface area contributed by atoms with Crippen molar-refractivity contribution < 1.29 is 19.1 Å². The van der Waals surface area contributed by atoms with Gasteiger partial charge in [0.2, 0.25) is 0 Å². The highest BCUT2D eigenvalue weighted by Crippen LogP contribution is 2.10. The van der Waals surface area contributed by atoms with Gasteiger partial charge in [0.05, 0.1) is 6.61 Å². The van der Waals surface area contributed by atoms with Crippen LogP contribution in [0.5, 0.6) is 0 Å². The van der Waals surface area contributed by atoms with Crippen molar-refractivity contribution in [1.82, 2.24) is 0 Å². The Morgan fingerprint density at radius 1 is 1.18 bits per heavy atom. The first-order valence-electron chi connectivity index (χ1n) is 7.87. The Morgan fingerprint density at radius 2 is 1.82 bits per heavy atom. The number of hydrogen-bond acceptors (Lipinski definition) is 4. The van der Waals surface area contributed by atoms with E-state index >= 15 is 0 Å². The Bertz CT molecular complexity index is 426. The summed E-state index contributed by atoms with van der Waals surface area (Å²) in [5.41, 5.74) is 0.739. The van der Waals surface area contributed by atoms with Crippen molar-refractivity contribution in [2.24, 2.45) is 5.92 Å².